The molecule has 0 bridgehead atoms. The van der Waals surface area contributed by atoms with Gasteiger partial charge >= 0.3 is 0 Å². The summed E-state index contributed by atoms with van der Waals surface area (Å²) < 4.78 is 0. The topological polar surface area (TPSA) is 74.5 Å². The summed E-state index contributed by atoms with van der Waals surface area (Å²) in [7, 11) is 7.95. The molecule has 0 radical (unpaired) electrons. The maximum absolute atomic E-state index is 12.4. The third-order valence-corrected chi connectivity index (χ3v) is 5.53. The molecule has 0 spiro atoms. The summed E-state index contributed by atoms with van der Waals surface area (Å²) in [6.45, 7) is 0.660. The minimum atomic E-state index is -0.119. The number of nitrogens with one attached hydrogen (secondary N) is 1. The van der Waals surface area contributed by atoms with Gasteiger partial charge in [-0.15, -0.1) is 0 Å². The number of nitrogen functional groups attached to an aromatic ring is 1. The van der Waals surface area contributed by atoms with Crippen molar-refractivity contribution in [3.05, 3.63) is 4.88 Å². The van der Waals surface area contributed by atoms with Gasteiger partial charge in [0, 0.05) is 26.2 Å². The van der Waals surface area contributed by atoms with Gasteiger partial charge in [-0.25, -0.2) is 4.98 Å². The summed E-state index contributed by atoms with van der Waals surface area (Å²) in [6, 6.07) is 0. The second kappa shape index (κ2) is 6.19. The van der Waals surface area contributed by atoms with Crippen LogP contribution in [0.3, 0.4) is 0 Å². The SMILES string of the molecule is CN(C)c1nc(N)c(C(=O)NCC2(N(C)C)CCCC2)s1. The van der Waals surface area contributed by atoms with Crippen molar-refractivity contribution in [2.45, 2.75) is 31.2 Å². The van der Waals surface area contributed by atoms with Gasteiger partial charge in [0.25, 0.3) is 5.91 Å². The zero-order valence-corrected chi connectivity index (χ0v) is 14.1. The summed E-state index contributed by atoms with van der Waals surface area (Å²) in [5.41, 5.74) is 5.94. The number of nitrogens with two attached hydrogens (primary N) is 1. The minimum Gasteiger partial charge on any atom is -0.382 e. The number of anilines is 2. The third-order valence-electron chi connectivity index (χ3n) is 4.29. The summed E-state index contributed by atoms with van der Waals surface area (Å²) in [4.78, 5) is 21.2. The number of carbonyl (C=O) groups excluding carboxylic acids is 1. The Hall–Kier alpha value is -1.34. The molecule has 1 amide bonds. The molecule has 3 N–H and O–H groups in total. The number of nitrogens with zero attached hydrogens (tertiary/aromatic N) is 3. The van der Waals surface area contributed by atoms with Gasteiger partial charge in [-0.3, -0.25) is 4.79 Å². The lowest BCUT2D eigenvalue weighted by Crippen LogP contribution is -2.50. The fourth-order valence-corrected chi connectivity index (χ4v) is 3.64. The molecule has 0 atom stereocenters. The molecule has 1 fully saturated rings. The molecule has 1 heterocycles. The lowest BCUT2D eigenvalue weighted by atomic mass is 9.96. The molecule has 21 heavy (non-hydrogen) atoms. The Balaban J connectivity index is 2.04. The van der Waals surface area contributed by atoms with E-state index in [1.807, 2.05) is 19.0 Å². The predicted molar refractivity (Wildman–Crippen MR) is 88.1 cm³/mol. The van der Waals surface area contributed by atoms with Crippen LogP contribution in [0.25, 0.3) is 0 Å². The van der Waals surface area contributed by atoms with E-state index < -0.39 is 0 Å². The number of thiazole rings is 1. The molecule has 1 aromatic heterocycles. The molecular formula is C14H25N5OS. The van der Waals surface area contributed by atoms with E-state index >= 15 is 0 Å². The molecule has 6 nitrogen and oxygen atoms in total. The fourth-order valence-electron chi connectivity index (χ4n) is 2.81. The largest absolute Gasteiger partial charge is 0.382 e. The van der Waals surface area contributed by atoms with Gasteiger partial charge < -0.3 is 20.9 Å². The Morgan fingerprint density at radius 1 is 1.33 bits per heavy atom. The summed E-state index contributed by atoms with van der Waals surface area (Å²) in [5, 5.41) is 3.80. The minimum absolute atomic E-state index is 0.0828. The zero-order chi connectivity index (χ0) is 15.6. The van der Waals surface area contributed by atoms with Crippen LogP contribution in [-0.4, -0.2) is 56.1 Å². The standard InChI is InChI=1S/C14H25N5OS/c1-18(2)13-17-11(15)10(21-13)12(20)16-9-14(19(3)4)7-5-6-8-14/h5-9,15H2,1-4H3,(H,16,20). The summed E-state index contributed by atoms with van der Waals surface area (Å²) in [6.07, 6.45) is 4.70. The van der Waals surface area contributed by atoms with Crippen molar-refractivity contribution in [2.24, 2.45) is 0 Å². The van der Waals surface area contributed by atoms with E-state index in [0.717, 1.165) is 18.0 Å². The molecule has 0 unspecified atom stereocenters. The van der Waals surface area contributed by atoms with Crippen molar-refractivity contribution >= 4 is 28.2 Å². The van der Waals surface area contributed by atoms with E-state index in [1.54, 1.807) is 0 Å². The average molecular weight is 311 g/mol. The van der Waals surface area contributed by atoms with Gasteiger partial charge in [0.1, 0.15) is 10.7 Å². The number of hydrogen-bond donors (Lipinski definition) is 2. The zero-order valence-electron chi connectivity index (χ0n) is 13.3. The average Bonchev–Trinajstić information content (AvgIpc) is 3.03. The second-order valence-corrected chi connectivity index (χ2v) is 7.09. The molecule has 0 aliphatic heterocycles. The van der Waals surface area contributed by atoms with Crippen LogP contribution in [0.15, 0.2) is 0 Å². The first kappa shape index (κ1) is 16.0. The predicted octanol–water partition coefficient (Wildman–Crippen LogP) is 1.40. The van der Waals surface area contributed by atoms with Gasteiger partial charge in [-0.2, -0.15) is 0 Å². The smallest absolute Gasteiger partial charge is 0.265 e. The van der Waals surface area contributed by atoms with Crippen LogP contribution in [-0.2, 0) is 0 Å². The quantitative estimate of drug-likeness (QED) is 0.860. The van der Waals surface area contributed by atoms with Gasteiger partial charge in [-0.1, -0.05) is 24.2 Å². The van der Waals surface area contributed by atoms with Crippen molar-refractivity contribution in [3.63, 3.8) is 0 Å². The highest BCUT2D eigenvalue weighted by Gasteiger charge is 2.36. The molecular weight excluding hydrogens is 286 g/mol. The van der Waals surface area contributed by atoms with Crippen LogP contribution in [0.4, 0.5) is 10.9 Å². The van der Waals surface area contributed by atoms with Crippen molar-refractivity contribution in [3.8, 4) is 0 Å². The second-order valence-electron chi connectivity index (χ2n) is 6.11. The van der Waals surface area contributed by atoms with Crippen LogP contribution in [0.2, 0.25) is 0 Å². The lowest BCUT2D eigenvalue weighted by molar-refractivity contribution is 0.0904. The Kier molecular flexibility index (Phi) is 4.73. The van der Waals surface area contributed by atoms with Crippen molar-refractivity contribution in [1.82, 2.24) is 15.2 Å². The summed E-state index contributed by atoms with van der Waals surface area (Å²) in [5.74, 6) is 0.192. The first-order valence-electron chi connectivity index (χ1n) is 7.25. The Bertz CT molecular complexity index is 505. The van der Waals surface area contributed by atoms with Gasteiger partial charge in [0.2, 0.25) is 0 Å². The molecule has 0 aromatic carbocycles. The maximum Gasteiger partial charge on any atom is 0.265 e. The molecule has 2 rings (SSSR count). The molecule has 0 saturated heterocycles. The number of hydrogen-bond acceptors (Lipinski definition) is 6. The van der Waals surface area contributed by atoms with Crippen LogP contribution in [0.5, 0.6) is 0 Å². The van der Waals surface area contributed by atoms with Crippen LogP contribution >= 0.6 is 11.3 Å². The van der Waals surface area contributed by atoms with E-state index in [4.69, 9.17) is 5.73 Å². The molecule has 7 heteroatoms. The monoisotopic (exact) mass is 311 g/mol. The van der Waals surface area contributed by atoms with E-state index in [1.165, 1.54) is 24.2 Å². The van der Waals surface area contributed by atoms with Crippen molar-refractivity contribution in [1.29, 1.82) is 0 Å². The van der Waals surface area contributed by atoms with Gasteiger partial charge in [0.15, 0.2) is 5.13 Å². The highest BCUT2D eigenvalue weighted by molar-refractivity contribution is 7.18. The Morgan fingerprint density at radius 3 is 2.43 bits per heavy atom. The lowest BCUT2D eigenvalue weighted by Gasteiger charge is -2.36. The van der Waals surface area contributed by atoms with Crippen molar-refractivity contribution in [2.75, 3.05) is 45.4 Å². The molecule has 1 saturated carbocycles. The summed E-state index contributed by atoms with van der Waals surface area (Å²) >= 11 is 1.33. The van der Waals surface area contributed by atoms with E-state index in [0.29, 0.717) is 17.2 Å². The molecule has 1 aliphatic carbocycles. The molecule has 118 valence electrons. The van der Waals surface area contributed by atoms with Crippen LogP contribution in [0, 0.1) is 0 Å². The van der Waals surface area contributed by atoms with E-state index in [-0.39, 0.29) is 11.4 Å². The Morgan fingerprint density at radius 2 is 1.95 bits per heavy atom. The van der Waals surface area contributed by atoms with Crippen molar-refractivity contribution < 1.29 is 4.79 Å². The van der Waals surface area contributed by atoms with Gasteiger partial charge in [0.05, 0.1) is 0 Å². The van der Waals surface area contributed by atoms with Gasteiger partial charge in [-0.05, 0) is 26.9 Å². The van der Waals surface area contributed by atoms with E-state index in [9.17, 15) is 4.79 Å². The molecule has 1 aromatic rings. The molecule has 1 aliphatic rings. The highest BCUT2D eigenvalue weighted by atomic mass is 32.1. The van der Waals surface area contributed by atoms with E-state index in [2.05, 4.69) is 29.3 Å². The maximum atomic E-state index is 12.4. The number of carbonyl (C=O) groups is 1. The highest BCUT2D eigenvalue weighted by Crippen LogP contribution is 2.33. The number of aromatic nitrogens is 1. The Labute approximate surface area is 130 Å². The third kappa shape index (κ3) is 3.29. The first-order chi connectivity index (χ1) is 9.85. The van der Waals surface area contributed by atoms with Crippen LogP contribution < -0.4 is 16.0 Å². The normalized spacial score (nSPS) is 17.2. The number of rotatable bonds is 5. The fraction of sp³-hybridized carbons (Fsp3) is 0.714. The number of likely N-dealkylation sites (N-methyl/N-ethyl adjacent to an activating group) is 1. The van der Waals surface area contributed by atoms with Crippen LogP contribution in [0.1, 0.15) is 35.4 Å². The first-order valence-corrected chi connectivity index (χ1v) is 8.07. The number of amides is 1.